The number of carbonyl (C=O) groups is 1. The number of carbonyl (C=O) groups excluding carboxylic acids is 1. The van der Waals surface area contributed by atoms with Crippen molar-refractivity contribution in [3.05, 3.63) is 77.2 Å². The number of rotatable bonds is 6. The van der Waals surface area contributed by atoms with Crippen molar-refractivity contribution >= 4 is 29.0 Å². The minimum absolute atomic E-state index is 0.234. The van der Waals surface area contributed by atoms with Crippen molar-refractivity contribution in [2.75, 3.05) is 17.7 Å². The SMILES string of the molecule is COc1ccc(NC(=O)c2cnc(NCc3ccc(Cl)cc3)cn2)cc1. The van der Waals surface area contributed by atoms with E-state index in [4.69, 9.17) is 16.3 Å². The third kappa shape index (κ3) is 4.70. The fourth-order valence-electron chi connectivity index (χ4n) is 2.20. The van der Waals surface area contributed by atoms with Crippen LogP contribution in [0.25, 0.3) is 0 Å². The van der Waals surface area contributed by atoms with E-state index in [1.807, 2.05) is 24.3 Å². The van der Waals surface area contributed by atoms with Gasteiger partial charge in [0.2, 0.25) is 0 Å². The van der Waals surface area contributed by atoms with Gasteiger partial charge in [-0.15, -0.1) is 0 Å². The number of anilines is 2. The molecule has 1 heterocycles. The lowest BCUT2D eigenvalue weighted by molar-refractivity contribution is 0.102. The smallest absolute Gasteiger partial charge is 0.275 e. The van der Waals surface area contributed by atoms with Crippen LogP contribution in [0.3, 0.4) is 0 Å². The number of hydrogen-bond acceptors (Lipinski definition) is 5. The Bertz CT molecular complexity index is 866. The number of methoxy groups -OCH3 is 1. The summed E-state index contributed by atoms with van der Waals surface area (Å²) in [6.45, 7) is 0.587. The summed E-state index contributed by atoms with van der Waals surface area (Å²) in [4.78, 5) is 20.6. The molecule has 0 unspecified atom stereocenters. The van der Waals surface area contributed by atoms with Crippen molar-refractivity contribution in [2.24, 2.45) is 0 Å². The molecule has 2 aromatic carbocycles. The molecule has 3 aromatic rings. The maximum absolute atomic E-state index is 12.2. The molecule has 0 saturated carbocycles. The van der Waals surface area contributed by atoms with Gasteiger partial charge in [0.1, 0.15) is 17.3 Å². The summed E-state index contributed by atoms with van der Waals surface area (Å²) in [5.74, 6) is 0.978. The normalized spacial score (nSPS) is 10.2. The van der Waals surface area contributed by atoms with Gasteiger partial charge in [-0.25, -0.2) is 9.97 Å². The van der Waals surface area contributed by atoms with E-state index in [0.29, 0.717) is 23.1 Å². The number of aromatic nitrogens is 2. The molecule has 0 radical (unpaired) electrons. The van der Waals surface area contributed by atoms with Crippen LogP contribution in [-0.2, 0) is 6.54 Å². The summed E-state index contributed by atoms with van der Waals surface area (Å²) >= 11 is 5.86. The molecule has 0 bridgehead atoms. The van der Waals surface area contributed by atoms with Crippen molar-refractivity contribution in [3.63, 3.8) is 0 Å². The molecule has 0 aliphatic rings. The highest BCUT2D eigenvalue weighted by Gasteiger charge is 2.08. The summed E-state index contributed by atoms with van der Waals surface area (Å²) in [5, 5.41) is 6.60. The van der Waals surface area contributed by atoms with Crippen LogP contribution < -0.4 is 15.4 Å². The van der Waals surface area contributed by atoms with E-state index in [0.717, 1.165) is 11.3 Å². The largest absolute Gasteiger partial charge is 0.497 e. The first kappa shape index (κ1) is 17.7. The Kier molecular flexibility index (Phi) is 5.66. The van der Waals surface area contributed by atoms with Crippen molar-refractivity contribution < 1.29 is 9.53 Å². The van der Waals surface area contributed by atoms with Crippen molar-refractivity contribution in [1.29, 1.82) is 0 Å². The highest BCUT2D eigenvalue weighted by molar-refractivity contribution is 6.30. The Labute approximate surface area is 156 Å². The van der Waals surface area contributed by atoms with Gasteiger partial charge in [-0.3, -0.25) is 4.79 Å². The predicted octanol–water partition coefficient (Wildman–Crippen LogP) is 4.00. The highest BCUT2D eigenvalue weighted by Crippen LogP contribution is 2.16. The van der Waals surface area contributed by atoms with E-state index in [1.54, 1.807) is 31.4 Å². The molecule has 0 spiro atoms. The Morgan fingerprint density at radius 1 is 1.04 bits per heavy atom. The van der Waals surface area contributed by atoms with Crippen LogP contribution in [0.1, 0.15) is 16.1 Å². The fraction of sp³-hybridized carbons (Fsp3) is 0.105. The minimum Gasteiger partial charge on any atom is -0.497 e. The van der Waals surface area contributed by atoms with E-state index in [-0.39, 0.29) is 11.6 Å². The number of ether oxygens (including phenoxy) is 1. The summed E-state index contributed by atoms with van der Waals surface area (Å²) < 4.78 is 5.08. The summed E-state index contributed by atoms with van der Waals surface area (Å²) in [6, 6.07) is 14.6. The van der Waals surface area contributed by atoms with Gasteiger partial charge in [-0.2, -0.15) is 0 Å². The van der Waals surface area contributed by atoms with Crippen LogP contribution in [0.4, 0.5) is 11.5 Å². The van der Waals surface area contributed by atoms with Gasteiger partial charge < -0.3 is 15.4 Å². The van der Waals surface area contributed by atoms with Crippen molar-refractivity contribution in [1.82, 2.24) is 9.97 Å². The van der Waals surface area contributed by atoms with Crippen LogP contribution >= 0.6 is 11.6 Å². The van der Waals surface area contributed by atoms with E-state index in [9.17, 15) is 4.79 Å². The van der Waals surface area contributed by atoms with Crippen molar-refractivity contribution in [3.8, 4) is 5.75 Å². The molecule has 1 amide bonds. The average molecular weight is 369 g/mol. The second-order valence-electron chi connectivity index (χ2n) is 5.45. The van der Waals surface area contributed by atoms with Gasteiger partial charge in [0.15, 0.2) is 0 Å². The molecule has 1 aromatic heterocycles. The first-order valence-electron chi connectivity index (χ1n) is 7.90. The number of nitrogens with one attached hydrogen (secondary N) is 2. The van der Waals surface area contributed by atoms with Gasteiger partial charge in [-0.1, -0.05) is 23.7 Å². The highest BCUT2D eigenvalue weighted by atomic mass is 35.5. The second-order valence-corrected chi connectivity index (χ2v) is 5.89. The standard InChI is InChI=1S/C19H17ClN4O2/c1-26-16-8-6-15(7-9-16)24-19(25)17-11-23-18(12-21-17)22-10-13-2-4-14(20)5-3-13/h2-9,11-12H,10H2,1H3,(H,22,23)(H,24,25). The number of hydrogen-bond donors (Lipinski definition) is 2. The quantitative estimate of drug-likeness (QED) is 0.687. The van der Waals surface area contributed by atoms with Gasteiger partial charge >= 0.3 is 0 Å². The molecule has 3 rings (SSSR count). The number of halogens is 1. The number of benzene rings is 2. The van der Waals surface area contributed by atoms with Crippen LogP contribution in [-0.4, -0.2) is 23.0 Å². The van der Waals surface area contributed by atoms with Crippen molar-refractivity contribution in [2.45, 2.75) is 6.54 Å². The predicted molar refractivity (Wildman–Crippen MR) is 102 cm³/mol. The molecule has 7 heteroatoms. The molecule has 0 atom stereocenters. The average Bonchev–Trinajstić information content (AvgIpc) is 2.68. The van der Waals surface area contributed by atoms with Gasteiger partial charge in [-0.05, 0) is 42.0 Å². The van der Waals surface area contributed by atoms with Gasteiger partial charge in [0.25, 0.3) is 5.91 Å². The maximum Gasteiger partial charge on any atom is 0.275 e. The summed E-state index contributed by atoms with van der Waals surface area (Å²) in [7, 11) is 1.59. The van der Waals surface area contributed by atoms with E-state index in [2.05, 4.69) is 20.6 Å². The molecule has 0 saturated heterocycles. The molecular formula is C19H17ClN4O2. The van der Waals surface area contributed by atoms with Crippen LogP contribution in [0.2, 0.25) is 5.02 Å². The van der Waals surface area contributed by atoms with Crippen LogP contribution in [0.5, 0.6) is 5.75 Å². The summed E-state index contributed by atoms with van der Waals surface area (Å²) in [5.41, 5.74) is 1.96. The Hall–Kier alpha value is -3.12. The molecule has 26 heavy (non-hydrogen) atoms. The molecule has 0 fully saturated rings. The van der Waals surface area contributed by atoms with E-state index < -0.39 is 0 Å². The number of nitrogens with zero attached hydrogens (tertiary/aromatic N) is 2. The van der Waals surface area contributed by atoms with Gasteiger partial charge in [0.05, 0.1) is 19.5 Å². The lowest BCUT2D eigenvalue weighted by atomic mass is 10.2. The third-order valence-electron chi connectivity index (χ3n) is 3.62. The fourth-order valence-corrected chi connectivity index (χ4v) is 2.33. The molecule has 132 valence electrons. The third-order valence-corrected chi connectivity index (χ3v) is 3.87. The molecule has 0 aliphatic carbocycles. The minimum atomic E-state index is -0.327. The van der Waals surface area contributed by atoms with E-state index in [1.165, 1.54) is 12.4 Å². The Morgan fingerprint density at radius 3 is 2.38 bits per heavy atom. The lowest BCUT2D eigenvalue weighted by Gasteiger charge is -2.07. The first-order chi connectivity index (χ1) is 12.6. The van der Waals surface area contributed by atoms with Crippen LogP contribution in [0, 0.1) is 0 Å². The molecular weight excluding hydrogens is 352 g/mol. The monoisotopic (exact) mass is 368 g/mol. The molecule has 6 nitrogen and oxygen atoms in total. The van der Waals surface area contributed by atoms with Crippen LogP contribution in [0.15, 0.2) is 60.9 Å². The Morgan fingerprint density at radius 2 is 1.77 bits per heavy atom. The molecule has 0 aliphatic heterocycles. The van der Waals surface area contributed by atoms with E-state index >= 15 is 0 Å². The first-order valence-corrected chi connectivity index (χ1v) is 8.27. The maximum atomic E-state index is 12.2. The topological polar surface area (TPSA) is 76.1 Å². The zero-order chi connectivity index (χ0) is 18.4. The van der Waals surface area contributed by atoms with Gasteiger partial charge in [0, 0.05) is 17.3 Å². The Balaban J connectivity index is 1.57. The summed E-state index contributed by atoms with van der Waals surface area (Å²) in [6.07, 6.45) is 2.96. The molecule has 2 N–H and O–H groups in total. The number of amides is 1. The zero-order valence-electron chi connectivity index (χ0n) is 14.1. The second kappa shape index (κ2) is 8.31. The lowest BCUT2D eigenvalue weighted by Crippen LogP contribution is -2.14. The zero-order valence-corrected chi connectivity index (χ0v) is 14.8.